The van der Waals surface area contributed by atoms with Gasteiger partial charge in [-0.15, -0.1) is 0 Å². The van der Waals surface area contributed by atoms with Crippen molar-refractivity contribution < 1.29 is 22.7 Å². The Morgan fingerprint density at radius 3 is 2.38 bits per heavy atom. The highest BCUT2D eigenvalue weighted by Crippen LogP contribution is 2.13. The lowest BCUT2D eigenvalue weighted by molar-refractivity contribution is -0.140. The molecule has 0 saturated carbocycles. The summed E-state index contributed by atoms with van der Waals surface area (Å²) in [6.45, 7) is 2.04. The predicted molar refractivity (Wildman–Crippen MR) is 61.0 cm³/mol. The Morgan fingerprint density at radius 2 is 1.94 bits per heavy atom. The van der Waals surface area contributed by atoms with Crippen LogP contribution in [-0.2, 0) is 24.1 Å². The van der Waals surface area contributed by atoms with Crippen LogP contribution in [-0.4, -0.2) is 46.2 Å². The molecule has 0 aliphatic carbocycles. The maximum Gasteiger partial charge on any atom is 0.324 e. The highest BCUT2D eigenvalue weighted by Gasteiger charge is 2.32. The summed E-state index contributed by atoms with van der Waals surface area (Å²) in [6, 6.07) is 0. The summed E-state index contributed by atoms with van der Waals surface area (Å²) < 4.78 is 32.9. The molecule has 0 saturated heterocycles. The van der Waals surface area contributed by atoms with Crippen LogP contribution in [0.3, 0.4) is 0 Å². The van der Waals surface area contributed by atoms with Crippen LogP contribution in [0.25, 0.3) is 0 Å². The van der Waals surface area contributed by atoms with Crippen molar-refractivity contribution in [3.63, 3.8) is 0 Å². The molecule has 6 heteroatoms. The molecule has 0 fully saturated rings. The predicted octanol–water partition coefficient (Wildman–Crippen LogP) is 0.779. The normalized spacial score (nSPS) is 13.4. The number of sulfone groups is 1. The minimum atomic E-state index is -3.47. The minimum Gasteiger partial charge on any atom is -0.468 e. The third-order valence-electron chi connectivity index (χ3n) is 2.29. The number of hydrogen-bond donors (Lipinski definition) is 0. The SMILES string of the molecule is CCCCC(C(=O)OC)S(=O)(=O)CCOC. The number of carbonyl (C=O) groups is 1. The zero-order valence-corrected chi connectivity index (χ0v) is 10.9. The zero-order chi connectivity index (χ0) is 12.6. The standard InChI is InChI=1S/C10H20O5S/c1-4-5-6-9(10(11)15-3)16(12,13)8-7-14-2/h9H,4-8H2,1-3H3. The second kappa shape index (κ2) is 7.62. The third-order valence-corrected chi connectivity index (χ3v) is 4.32. The number of carbonyl (C=O) groups excluding carboxylic acids is 1. The smallest absolute Gasteiger partial charge is 0.324 e. The lowest BCUT2D eigenvalue weighted by Gasteiger charge is -2.14. The van der Waals surface area contributed by atoms with Crippen LogP contribution < -0.4 is 0 Å². The minimum absolute atomic E-state index is 0.0992. The monoisotopic (exact) mass is 252 g/mol. The average Bonchev–Trinajstić information content (AvgIpc) is 2.26. The fourth-order valence-electron chi connectivity index (χ4n) is 1.31. The van der Waals surface area contributed by atoms with Crippen molar-refractivity contribution in [2.45, 2.75) is 31.4 Å². The second-order valence-corrected chi connectivity index (χ2v) is 5.82. The molecule has 0 aromatic rings. The first kappa shape index (κ1) is 15.4. The molecule has 0 amide bonds. The number of rotatable bonds is 8. The van der Waals surface area contributed by atoms with Gasteiger partial charge < -0.3 is 9.47 Å². The van der Waals surface area contributed by atoms with E-state index < -0.39 is 21.1 Å². The zero-order valence-electron chi connectivity index (χ0n) is 10.1. The van der Waals surface area contributed by atoms with Gasteiger partial charge in [-0.25, -0.2) is 8.42 Å². The quantitative estimate of drug-likeness (QED) is 0.597. The van der Waals surface area contributed by atoms with Gasteiger partial charge in [0.1, 0.15) is 0 Å². The molecular formula is C10H20O5S. The van der Waals surface area contributed by atoms with E-state index in [4.69, 9.17) is 4.74 Å². The van der Waals surface area contributed by atoms with E-state index >= 15 is 0 Å². The van der Waals surface area contributed by atoms with Gasteiger partial charge in [0.25, 0.3) is 0 Å². The summed E-state index contributed by atoms with van der Waals surface area (Å²) >= 11 is 0. The molecule has 0 N–H and O–H groups in total. The summed E-state index contributed by atoms with van der Waals surface area (Å²) in [5.74, 6) is -0.822. The number of hydrogen-bond acceptors (Lipinski definition) is 5. The van der Waals surface area contributed by atoms with E-state index in [1.54, 1.807) is 0 Å². The molecular weight excluding hydrogens is 232 g/mol. The van der Waals surface area contributed by atoms with E-state index in [2.05, 4.69) is 4.74 Å². The molecule has 5 nitrogen and oxygen atoms in total. The van der Waals surface area contributed by atoms with E-state index in [0.717, 1.165) is 6.42 Å². The Labute approximate surface area is 97.0 Å². The third kappa shape index (κ3) is 4.94. The Kier molecular flexibility index (Phi) is 7.33. The molecule has 0 heterocycles. The van der Waals surface area contributed by atoms with E-state index in [1.807, 2.05) is 6.92 Å². The van der Waals surface area contributed by atoms with Crippen LogP contribution in [0.1, 0.15) is 26.2 Å². The van der Waals surface area contributed by atoms with Gasteiger partial charge >= 0.3 is 5.97 Å². The molecule has 0 spiro atoms. The van der Waals surface area contributed by atoms with Crippen LogP contribution in [0.2, 0.25) is 0 Å². The maximum absolute atomic E-state index is 11.8. The van der Waals surface area contributed by atoms with Gasteiger partial charge in [-0.3, -0.25) is 4.79 Å². The largest absolute Gasteiger partial charge is 0.468 e. The lowest BCUT2D eigenvalue weighted by Crippen LogP contribution is -2.34. The Morgan fingerprint density at radius 1 is 1.31 bits per heavy atom. The van der Waals surface area contributed by atoms with Crippen molar-refractivity contribution in [3.8, 4) is 0 Å². The summed E-state index contributed by atoms with van der Waals surface area (Å²) in [5.41, 5.74) is 0. The summed E-state index contributed by atoms with van der Waals surface area (Å²) in [5, 5.41) is -1.05. The number of esters is 1. The van der Waals surface area contributed by atoms with Gasteiger partial charge in [0.15, 0.2) is 15.1 Å². The van der Waals surface area contributed by atoms with E-state index in [1.165, 1.54) is 14.2 Å². The molecule has 96 valence electrons. The lowest BCUT2D eigenvalue weighted by atomic mass is 10.2. The van der Waals surface area contributed by atoms with Gasteiger partial charge in [-0.05, 0) is 6.42 Å². The Hall–Kier alpha value is -0.620. The molecule has 1 unspecified atom stereocenters. The van der Waals surface area contributed by atoms with Crippen molar-refractivity contribution in [3.05, 3.63) is 0 Å². The van der Waals surface area contributed by atoms with E-state index in [9.17, 15) is 13.2 Å². The highest BCUT2D eigenvalue weighted by atomic mass is 32.2. The molecule has 1 atom stereocenters. The van der Waals surface area contributed by atoms with Crippen molar-refractivity contribution in [2.24, 2.45) is 0 Å². The van der Waals surface area contributed by atoms with Crippen LogP contribution in [0.4, 0.5) is 0 Å². The van der Waals surface area contributed by atoms with Crippen LogP contribution in [0, 0.1) is 0 Å². The first-order valence-corrected chi connectivity index (χ1v) is 6.99. The Bertz CT molecular complexity index is 296. The first-order chi connectivity index (χ1) is 7.49. The molecule has 0 aromatic heterocycles. The highest BCUT2D eigenvalue weighted by molar-refractivity contribution is 7.92. The number of methoxy groups -OCH3 is 2. The van der Waals surface area contributed by atoms with Crippen molar-refractivity contribution in [1.29, 1.82) is 0 Å². The summed E-state index contributed by atoms with van der Waals surface area (Å²) in [6.07, 6.45) is 1.84. The van der Waals surface area contributed by atoms with Gasteiger partial charge in [0.2, 0.25) is 0 Å². The van der Waals surface area contributed by atoms with E-state index in [-0.39, 0.29) is 12.4 Å². The average molecular weight is 252 g/mol. The van der Waals surface area contributed by atoms with Crippen molar-refractivity contribution in [2.75, 3.05) is 26.6 Å². The van der Waals surface area contributed by atoms with Crippen LogP contribution in [0.15, 0.2) is 0 Å². The molecule has 0 bridgehead atoms. The molecule has 0 aliphatic rings. The second-order valence-electron chi connectivity index (χ2n) is 3.51. The van der Waals surface area contributed by atoms with Crippen molar-refractivity contribution in [1.82, 2.24) is 0 Å². The van der Waals surface area contributed by atoms with Crippen LogP contribution >= 0.6 is 0 Å². The molecule has 0 radical (unpaired) electrons. The number of ether oxygens (including phenoxy) is 2. The molecule has 16 heavy (non-hydrogen) atoms. The summed E-state index contributed by atoms with van der Waals surface area (Å²) in [7, 11) is -0.841. The summed E-state index contributed by atoms with van der Waals surface area (Å²) in [4.78, 5) is 11.4. The van der Waals surface area contributed by atoms with Crippen LogP contribution in [0.5, 0.6) is 0 Å². The fraction of sp³-hybridized carbons (Fsp3) is 0.900. The fourth-order valence-corrected chi connectivity index (χ4v) is 2.91. The van der Waals surface area contributed by atoms with E-state index in [0.29, 0.717) is 12.8 Å². The first-order valence-electron chi connectivity index (χ1n) is 5.28. The van der Waals surface area contributed by atoms with Gasteiger partial charge in [0, 0.05) is 7.11 Å². The molecule has 0 aromatic carbocycles. The topological polar surface area (TPSA) is 69.7 Å². The molecule has 0 aliphatic heterocycles. The van der Waals surface area contributed by atoms with Gasteiger partial charge in [-0.1, -0.05) is 19.8 Å². The Balaban J connectivity index is 4.66. The van der Waals surface area contributed by atoms with Gasteiger partial charge in [0.05, 0.1) is 19.5 Å². The maximum atomic E-state index is 11.8. The molecule has 0 rings (SSSR count). The van der Waals surface area contributed by atoms with Crippen molar-refractivity contribution >= 4 is 15.8 Å². The number of unbranched alkanes of at least 4 members (excludes halogenated alkanes) is 1. The van der Waals surface area contributed by atoms with Gasteiger partial charge in [-0.2, -0.15) is 0 Å².